The highest BCUT2D eigenvalue weighted by molar-refractivity contribution is 6.30. The van der Waals surface area contributed by atoms with E-state index in [0.29, 0.717) is 30.4 Å². The standard InChI is InChI=1S/C16H17ClN2O2/c1-16(2)10-19(7-8-21-16)15(20)12-9-14(17)18-13-6-4-3-5-11(12)13/h3-6,9H,7-8,10H2,1-2H3. The van der Waals surface area contributed by atoms with Gasteiger partial charge in [0.1, 0.15) is 5.15 Å². The van der Waals surface area contributed by atoms with Crippen LogP contribution in [0.2, 0.25) is 5.15 Å². The van der Waals surface area contributed by atoms with Gasteiger partial charge in [-0.2, -0.15) is 0 Å². The third-order valence-corrected chi connectivity index (χ3v) is 3.82. The van der Waals surface area contributed by atoms with E-state index >= 15 is 0 Å². The van der Waals surface area contributed by atoms with Crippen molar-refractivity contribution in [1.82, 2.24) is 9.88 Å². The molecular formula is C16H17ClN2O2. The minimum Gasteiger partial charge on any atom is -0.372 e. The fourth-order valence-electron chi connectivity index (χ4n) is 2.68. The number of hydrogen-bond donors (Lipinski definition) is 0. The Hall–Kier alpha value is -1.65. The molecule has 4 nitrogen and oxygen atoms in total. The lowest BCUT2D eigenvalue weighted by Gasteiger charge is -2.38. The van der Waals surface area contributed by atoms with Gasteiger partial charge in [-0.1, -0.05) is 29.8 Å². The van der Waals surface area contributed by atoms with Crippen LogP contribution < -0.4 is 0 Å². The molecule has 0 radical (unpaired) electrons. The quantitative estimate of drug-likeness (QED) is 0.760. The van der Waals surface area contributed by atoms with Crippen LogP contribution in [0, 0.1) is 0 Å². The van der Waals surface area contributed by atoms with Crippen LogP contribution in [0.4, 0.5) is 0 Å². The van der Waals surface area contributed by atoms with Gasteiger partial charge in [0.25, 0.3) is 5.91 Å². The number of carbonyl (C=O) groups excluding carboxylic acids is 1. The predicted octanol–water partition coefficient (Wildman–Crippen LogP) is 3.14. The highest BCUT2D eigenvalue weighted by Crippen LogP contribution is 2.24. The number of fused-ring (bicyclic) bond motifs is 1. The molecule has 0 saturated carbocycles. The smallest absolute Gasteiger partial charge is 0.254 e. The van der Waals surface area contributed by atoms with E-state index in [1.165, 1.54) is 0 Å². The third kappa shape index (κ3) is 2.87. The van der Waals surface area contributed by atoms with Gasteiger partial charge in [0.15, 0.2) is 0 Å². The number of aromatic nitrogens is 1. The van der Waals surface area contributed by atoms with E-state index in [1.807, 2.05) is 43.0 Å². The van der Waals surface area contributed by atoms with Gasteiger partial charge in [-0.3, -0.25) is 4.79 Å². The Bertz CT molecular complexity index is 700. The lowest BCUT2D eigenvalue weighted by atomic mass is 10.0. The fraction of sp³-hybridized carbons (Fsp3) is 0.375. The first-order valence-corrected chi connectivity index (χ1v) is 7.33. The number of morpholine rings is 1. The van der Waals surface area contributed by atoms with Crippen molar-refractivity contribution in [3.63, 3.8) is 0 Å². The molecule has 2 heterocycles. The Morgan fingerprint density at radius 3 is 2.90 bits per heavy atom. The number of carbonyl (C=O) groups is 1. The number of pyridine rings is 1. The van der Waals surface area contributed by atoms with E-state index in [9.17, 15) is 4.79 Å². The molecule has 0 spiro atoms. The summed E-state index contributed by atoms with van der Waals surface area (Å²) < 4.78 is 5.66. The number of halogens is 1. The molecule has 1 aliphatic heterocycles. The number of para-hydroxylation sites is 1. The summed E-state index contributed by atoms with van der Waals surface area (Å²) in [6.07, 6.45) is 0. The zero-order chi connectivity index (χ0) is 15.0. The first-order chi connectivity index (χ1) is 9.96. The van der Waals surface area contributed by atoms with Gasteiger partial charge in [0.2, 0.25) is 0 Å². The van der Waals surface area contributed by atoms with Crippen molar-refractivity contribution in [3.05, 3.63) is 41.0 Å². The van der Waals surface area contributed by atoms with E-state index in [4.69, 9.17) is 16.3 Å². The summed E-state index contributed by atoms with van der Waals surface area (Å²) in [5, 5.41) is 1.17. The Morgan fingerprint density at radius 2 is 2.14 bits per heavy atom. The maximum absolute atomic E-state index is 12.8. The molecule has 110 valence electrons. The highest BCUT2D eigenvalue weighted by Gasteiger charge is 2.31. The normalized spacial score (nSPS) is 18.0. The molecule has 0 atom stereocenters. The van der Waals surface area contributed by atoms with Crippen LogP contribution in [0.1, 0.15) is 24.2 Å². The van der Waals surface area contributed by atoms with Crippen molar-refractivity contribution in [2.75, 3.05) is 19.7 Å². The summed E-state index contributed by atoms with van der Waals surface area (Å²) in [5.41, 5.74) is 1.02. The summed E-state index contributed by atoms with van der Waals surface area (Å²) in [6.45, 7) is 5.69. The second-order valence-electron chi connectivity index (χ2n) is 5.84. The van der Waals surface area contributed by atoms with Gasteiger partial charge < -0.3 is 9.64 Å². The minimum atomic E-state index is -0.319. The van der Waals surface area contributed by atoms with Gasteiger partial charge in [-0.15, -0.1) is 0 Å². The monoisotopic (exact) mass is 304 g/mol. The number of amides is 1. The summed E-state index contributed by atoms with van der Waals surface area (Å²) in [4.78, 5) is 18.9. The average molecular weight is 305 g/mol. The van der Waals surface area contributed by atoms with Crippen LogP contribution in [0.25, 0.3) is 10.9 Å². The van der Waals surface area contributed by atoms with Crippen molar-refractivity contribution in [3.8, 4) is 0 Å². The number of ether oxygens (including phenoxy) is 1. The molecule has 1 aromatic heterocycles. The van der Waals surface area contributed by atoms with Crippen molar-refractivity contribution in [1.29, 1.82) is 0 Å². The lowest BCUT2D eigenvalue weighted by Crippen LogP contribution is -2.50. The van der Waals surface area contributed by atoms with E-state index in [-0.39, 0.29) is 11.5 Å². The van der Waals surface area contributed by atoms with Crippen LogP contribution in [0.15, 0.2) is 30.3 Å². The van der Waals surface area contributed by atoms with Gasteiger partial charge >= 0.3 is 0 Å². The maximum atomic E-state index is 12.8. The Morgan fingerprint density at radius 1 is 1.38 bits per heavy atom. The molecule has 0 unspecified atom stereocenters. The molecule has 1 saturated heterocycles. The van der Waals surface area contributed by atoms with Gasteiger partial charge in [0.05, 0.1) is 23.3 Å². The SMILES string of the molecule is CC1(C)CN(C(=O)c2cc(Cl)nc3ccccc23)CCO1. The number of benzene rings is 1. The third-order valence-electron chi connectivity index (χ3n) is 3.63. The van der Waals surface area contributed by atoms with Crippen LogP contribution in [-0.2, 0) is 4.74 Å². The lowest BCUT2D eigenvalue weighted by molar-refractivity contribution is -0.0763. The molecule has 1 fully saturated rings. The zero-order valence-electron chi connectivity index (χ0n) is 12.1. The molecule has 0 N–H and O–H groups in total. The van der Waals surface area contributed by atoms with Crippen LogP contribution >= 0.6 is 11.6 Å². The average Bonchev–Trinajstić information content (AvgIpc) is 2.44. The van der Waals surface area contributed by atoms with Crippen molar-refractivity contribution in [2.45, 2.75) is 19.4 Å². The maximum Gasteiger partial charge on any atom is 0.254 e. The Kier molecular flexibility index (Phi) is 3.59. The van der Waals surface area contributed by atoms with Gasteiger partial charge in [0, 0.05) is 18.5 Å². The van der Waals surface area contributed by atoms with Crippen LogP contribution in [0.5, 0.6) is 0 Å². The molecule has 5 heteroatoms. The second kappa shape index (κ2) is 5.28. The fourth-order valence-corrected chi connectivity index (χ4v) is 2.88. The first-order valence-electron chi connectivity index (χ1n) is 6.95. The summed E-state index contributed by atoms with van der Waals surface area (Å²) >= 11 is 6.06. The first kappa shape index (κ1) is 14.3. The summed E-state index contributed by atoms with van der Waals surface area (Å²) in [6, 6.07) is 9.20. The molecule has 0 aliphatic carbocycles. The molecule has 3 rings (SSSR count). The van der Waals surface area contributed by atoms with Crippen molar-refractivity contribution in [2.24, 2.45) is 0 Å². The van der Waals surface area contributed by atoms with E-state index in [1.54, 1.807) is 6.07 Å². The Labute approximate surface area is 128 Å². The molecule has 21 heavy (non-hydrogen) atoms. The van der Waals surface area contributed by atoms with Crippen molar-refractivity contribution < 1.29 is 9.53 Å². The van der Waals surface area contributed by atoms with Crippen molar-refractivity contribution >= 4 is 28.4 Å². The Balaban J connectivity index is 2.02. The molecule has 0 bridgehead atoms. The van der Waals surface area contributed by atoms with Crippen LogP contribution in [-0.4, -0.2) is 41.1 Å². The van der Waals surface area contributed by atoms with E-state index in [0.717, 1.165) is 10.9 Å². The predicted molar refractivity (Wildman–Crippen MR) is 82.7 cm³/mol. The number of hydrogen-bond acceptors (Lipinski definition) is 3. The molecule has 1 amide bonds. The highest BCUT2D eigenvalue weighted by atomic mass is 35.5. The second-order valence-corrected chi connectivity index (χ2v) is 6.23. The van der Waals surface area contributed by atoms with Crippen LogP contribution in [0.3, 0.4) is 0 Å². The summed E-state index contributed by atoms with van der Waals surface area (Å²) in [5.74, 6) is -0.0214. The molecule has 2 aromatic rings. The molecule has 1 aliphatic rings. The molecule has 1 aromatic carbocycles. The number of nitrogens with zero attached hydrogens (tertiary/aromatic N) is 2. The largest absolute Gasteiger partial charge is 0.372 e. The van der Waals surface area contributed by atoms with E-state index in [2.05, 4.69) is 4.98 Å². The van der Waals surface area contributed by atoms with E-state index < -0.39 is 0 Å². The minimum absolute atomic E-state index is 0.0214. The van der Waals surface area contributed by atoms with Gasteiger partial charge in [-0.25, -0.2) is 4.98 Å². The zero-order valence-corrected chi connectivity index (χ0v) is 12.9. The summed E-state index contributed by atoms with van der Waals surface area (Å²) in [7, 11) is 0. The number of rotatable bonds is 1. The van der Waals surface area contributed by atoms with Gasteiger partial charge in [-0.05, 0) is 26.0 Å². The topological polar surface area (TPSA) is 42.4 Å². The molecular weight excluding hydrogens is 288 g/mol.